The first-order chi connectivity index (χ1) is 14.1. The topological polar surface area (TPSA) is 89.0 Å². The van der Waals surface area contributed by atoms with E-state index in [1.54, 1.807) is 11.1 Å². The van der Waals surface area contributed by atoms with Gasteiger partial charge >= 0.3 is 12.1 Å². The van der Waals surface area contributed by atoms with Crippen molar-refractivity contribution in [1.29, 1.82) is 0 Å². The van der Waals surface area contributed by atoms with Crippen molar-refractivity contribution < 1.29 is 23.9 Å². The molecule has 31 heavy (non-hydrogen) atoms. The number of carboxylic acid groups (broad SMARTS) is 1. The average Bonchev–Trinajstić information content (AvgIpc) is 3.07. The molecule has 8 heteroatoms. The summed E-state index contributed by atoms with van der Waals surface area (Å²) in [4.78, 5) is 30.3. The van der Waals surface area contributed by atoms with E-state index in [0.717, 1.165) is 29.5 Å². The minimum atomic E-state index is -1.94. The number of carboxylic acids is 1. The molecule has 1 amide bonds. The molecule has 174 valence electrons. The van der Waals surface area contributed by atoms with Crippen molar-refractivity contribution in [3.63, 3.8) is 0 Å². The van der Waals surface area contributed by atoms with Gasteiger partial charge in [0.1, 0.15) is 5.60 Å². The van der Waals surface area contributed by atoms with E-state index in [4.69, 9.17) is 9.16 Å². The zero-order chi connectivity index (χ0) is 23.6. The van der Waals surface area contributed by atoms with Crippen molar-refractivity contribution >= 4 is 20.4 Å². The van der Waals surface area contributed by atoms with Crippen LogP contribution < -0.4 is 0 Å². The van der Waals surface area contributed by atoms with E-state index in [2.05, 4.69) is 38.8 Å². The van der Waals surface area contributed by atoms with Crippen LogP contribution in [0, 0.1) is 0 Å². The molecule has 0 bridgehead atoms. The van der Waals surface area contributed by atoms with Crippen LogP contribution in [-0.2, 0) is 28.5 Å². The number of carbonyl (C=O) groups is 2. The number of aromatic nitrogens is 1. The molecule has 1 aliphatic rings. The number of aromatic carboxylic acids is 1. The van der Waals surface area contributed by atoms with Gasteiger partial charge in [0.15, 0.2) is 14.0 Å². The molecular weight excluding hydrogens is 412 g/mol. The lowest BCUT2D eigenvalue weighted by Gasteiger charge is -2.37. The van der Waals surface area contributed by atoms with Crippen molar-refractivity contribution in [1.82, 2.24) is 9.88 Å². The fraction of sp³-hybridized carbons (Fsp3) is 0.696. The zero-order valence-corrected chi connectivity index (χ0v) is 21.3. The molecule has 0 spiro atoms. The Morgan fingerprint density at radius 2 is 1.74 bits per heavy atom. The Morgan fingerprint density at radius 1 is 1.13 bits per heavy atom. The molecule has 0 unspecified atom stereocenters. The smallest absolute Gasteiger partial charge is 0.410 e. The number of ether oxygens (including phenoxy) is 1. The van der Waals surface area contributed by atoms with Crippen LogP contribution >= 0.6 is 0 Å². The minimum absolute atomic E-state index is 0.0845. The first-order valence-electron chi connectivity index (χ1n) is 11.0. The van der Waals surface area contributed by atoms with Gasteiger partial charge in [-0.1, -0.05) is 20.8 Å². The molecule has 0 fully saturated rings. The van der Waals surface area contributed by atoms with Gasteiger partial charge < -0.3 is 19.2 Å². The highest BCUT2D eigenvalue weighted by Gasteiger charge is 2.37. The van der Waals surface area contributed by atoms with Gasteiger partial charge in [-0.3, -0.25) is 0 Å². The normalized spacial score (nSPS) is 14.3. The largest absolute Gasteiger partial charge is 0.477 e. The van der Waals surface area contributed by atoms with Gasteiger partial charge in [-0.15, -0.1) is 0 Å². The molecule has 1 aliphatic carbocycles. The second-order valence-electron chi connectivity index (χ2n) is 10.8. The molecule has 1 heterocycles. The summed E-state index contributed by atoms with van der Waals surface area (Å²) in [6.07, 6.45) is 3.60. The molecule has 0 radical (unpaired) electrons. The Balaban J connectivity index is 2.23. The molecular formula is C23H38N2O5Si. The van der Waals surface area contributed by atoms with Crippen molar-refractivity contribution in [2.45, 2.75) is 91.1 Å². The lowest BCUT2D eigenvalue weighted by molar-refractivity contribution is 0.0204. The second kappa shape index (κ2) is 9.28. The fourth-order valence-corrected chi connectivity index (χ4v) is 4.41. The van der Waals surface area contributed by atoms with Gasteiger partial charge in [0.2, 0.25) is 0 Å². The quantitative estimate of drug-likeness (QED) is 0.586. The van der Waals surface area contributed by atoms with Crippen molar-refractivity contribution in [2.75, 3.05) is 13.2 Å². The maximum atomic E-state index is 12.9. The van der Waals surface area contributed by atoms with Crippen LogP contribution in [0.1, 0.15) is 75.1 Å². The van der Waals surface area contributed by atoms with E-state index >= 15 is 0 Å². The summed E-state index contributed by atoms with van der Waals surface area (Å²) in [5.41, 5.74) is 2.21. The van der Waals surface area contributed by atoms with Crippen LogP contribution in [0.5, 0.6) is 0 Å². The van der Waals surface area contributed by atoms with Crippen LogP contribution in [0.3, 0.4) is 0 Å². The van der Waals surface area contributed by atoms with Crippen molar-refractivity contribution in [3.05, 3.63) is 28.6 Å². The molecule has 0 saturated carbocycles. The van der Waals surface area contributed by atoms with Gasteiger partial charge in [0.25, 0.3) is 0 Å². The van der Waals surface area contributed by atoms with Crippen LogP contribution in [0.25, 0.3) is 0 Å². The summed E-state index contributed by atoms with van der Waals surface area (Å²) in [7, 11) is -1.94. The standard InChI is InChI=1S/C23H38N2O5Si/c1-22(2,3)30-21(28)25(12-13-29-31(7,8)23(4,5)6)15-16-14-24-19(20(26)27)18-11-9-10-17(16)18/h14H,9-13,15H2,1-8H3,(H,26,27). The molecule has 7 nitrogen and oxygen atoms in total. The van der Waals surface area contributed by atoms with Gasteiger partial charge in [-0.25, -0.2) is 14.6 Å². The van der Waals surface area contributed by atoms with Crippen LogP contribution in [0.15, 0.2) is 6.20 Å². The number of hydrogen-bond donors (Lipinski definition) is 1. The molecule has 1 aromatic rings. The fourth-order valence-electron chi connectivity index (χ4n) is 3.37. The van der Waals surface area contributed by atoms with Crippen molar-refractivity contribution in [3.8, 4) is 0 Å². The lowest BCUT2D eigenvalue weighted by atomic mass is 10.0. The van der Waals surface area contributed by atoms with Crippen molar-refractivity contribution in [2.24, 2.45) is 0 Å². The molecule has 2 rings (SSSR count). The minimum Gasteiger partial charge on any atom is -0.477 e. The predicted octanol–water partition coefficient (Wildman–Crippen LogP) is 5.03. The van der Waals surface area contributed by atoms with E-state index in [-0.39, 0.29) is 10.7 Å². The maximum absolute atomic E-state index is 12.9. The number of amides is 1. The Labute approximate surface area is 187 Å². The van der Waals surface area contributed by atoms with E-state index in [0.29, 0.717) is 26.1 Å². The average molecular weight is 451 g/mol. The Kier molecular flexibility index (Phi) is 7.58. The number of hydrogen-bond acceptors (Lipinski definition) is 5. The van der Waals surface area contributed by atoms with Crippen LogP contribution in [-0.4, -0.2) is 54.1 Å². The Hall–Kier alpha value is -1.93. The third-order valence-corrected chi connectivity index (χ3v) is 10.6. The Morgan fingerprint density at radius 3 is 2.29 bits per heavy atom. The summed E-state index contributed by atoms with van der Waals surface area (Å²) in [5.74, 6) is -1.00. The highest BCUT2D eigenvalue weighted by atomic mass is 28.4. The van der Waals surface area contributed by atoms with E-state index in [9.17, 15) is 14.7 Å². The Bertz CT molecular complexity index is 824. The third-order valence-electron chi connectivity index (χ3n) is 6.09. The highest BCUT2D eigenvalue weighted by Crippen LogP contribution is 2.36. The van der Waals surface area contributed by atoms with Gasteiger partial charge in [-0.05, 0) is 74.9 Å². The molecule has 0 aliphatic heterocycles. The van der Waals surface area contributed by atoms with E-state index < -0.39 is 26.0 Å². The summed E-state index contributed by atoms with van der Waals surface area (Å²) in [5, 5.41) is 9.52. The third kappa shape index (κ3) is 6.52. The van der Waals surface area contributed by atoms with Gasteiger partial charge in [0, 0.05) is 12.7 Å². The number of nitrogens with zero attached hydrogens (tertiary/aromatic N) is 2. The van der Waals surface area contributed by atoms with Crippen LogP contribution in [0.4, 0.5) is 4.79 Å². The monoisotopic (exact) mass is 450 g/mol. The molecule has 1 aromatic heterocycles. The zero-order valence-electron chi connectivity index (χ0n) is 20.3. The number of fused-ring (bicyclic) bond motifs is 1. The number of pyridine rings is 1. The highest BCUT2D eigenvalue weighted by molar-refractivity contribution is 6.74. The van der Waals surface area contributed by atoms with E-state index in [1.165, 1.54) is 0 Å². The lowest BCUT2D eigenvalue weighted by Crippen LogP contribution is -2.44. The van der Waals surface area contributed by atoms with Gasteiger partial charge in [-0.2, -0.15) is 0 Å². The second-order valence-corrected chi connectivity index (χ2v) is 15.6. The van der Waals surface area contributed by atoms with Gasteiger partial charge in [0.05, 0.1) is 13.2 Å². The molecule has 0 saturated heterocycles. The van der Waals surface area contributed by atoms with E-state index in [1.807, 2.05) is 20.8 Å². The summed E-state index contributed by atoms with van der Waals surface area (Å²) in [6, 6.07) is 0. The number of carbonyl (C=O) groups excluding carboxylic acids is 1. The number of rotatable bonds is 7. The molecule has 1 N–H and O–H groups in total. The molecule has 0 atom stereocenters. The summed E-state index contributed by atoms with van der Waals surface area (Å²) >= 11 is 0. The SMILES string of the molecule is CC(C)(C)OC(=O)N(CCO[Si](C)(C)C(C)(C)C)Cc1cnc(C(=O)O)c2c1CCC2. The summed E-state index contributed by atoms with van der Waals surface area (Å²) < 4.78 is 11.9. The first-order valence-corrected chi connectivity index (χ1v) is 13.9. The molecule has 0 aromatic carbocycles. The predicted molar refractivity (Wildman–Crippen MR) is 123 cm³/mol. The summed E-state index contributed by atoms with van der Waals surface area (Å²) in [6.45, 7) is 17.6. The first kappa shape index (κ1) is 25.3. The maximum Gasteiger partial charge on any atom is 0.410 e. The van der Waals surface area contributed by atoms with Crippen LogP contribution in [0.2, 0.25) is 18.1 Å².